The predicted octanol–water partition coefficient (Wildman–Crippen LogP) is 2.80. The highest BCUT2D eigenvalue weighted by Gasteiger charge is 2.47. The Hall–Kier alpha value is -2.18. The van der Waals surface area contributed by atoms with E-state index in [1.165, 1.54) is 0 Å². The first-order valence-electron chi connectivity index (χ1n) is 8.84. The van der Waals surface area contributed by atoms with Gasteiger partial charge in [-0.3, -0.25) is 0 Å². The second kappa shape index (κ2) is 8.27. The van der Waals surface area contributed by atoms with Crippen LogP contribution in [0.25, 0.3) is 0 Å². The number of carboxylic acids is 1. The van der Waals surface area contributed by atoms with Crippen LogP contribution >= 0.6 is 0 Å². The quantitative estimate of drug-likeness (QED) is 0.819. The molecular formula is C18H27N3O4. The molecule has 1 aromatic heterocycles. The molecular weight excluding hydrogens is 322 g/mol. The van der Waals surface area contributed by atoms with Gasteiger partial charge in [-0.05, 0) is 24.8 Å². The molecule has 0 aromatic carbocycles. The van der Waals surface area contributed by atoms with Gasteiger partial charge in [0, 0.05) is 24.4 Å². The number of aliphatic carboxylic acids is 1. The molecule has 2 N–H and O–H groups in total. The predicted molar refractivity (Wildman–Crippen MR) is 92.0 cm³/mol. The summed E-state index contributed by atoms with van der Waals surface area (Å²) in [6.45, 7) is 5.52. The highest BCUT2D eigenvalue weighted by Crippen LogP contribution is 2.28. The number of hydrogen-bond acceptors (Lipinski definition) is 5. The number of hydrogen-bond donors (Lipinski definition) is 2. The molecule has 1 aliphatic rings. The van der Waals surface area contributed by atoms with Crippen molar-refractivity contribution in [2.45, 2.75) is 64.5 Å². The van der Waals surface area contributed by atoms with Gasteiger partial charge in [0.05, 0.1) is 6.42 Å². The number of carbonyl (C=O) groups excluding carboxylic acids is 1. The molecule has 0 aliphatic heterocycles. The van der Waals surface area contributed by atoms with E-state index < -0.39 is 23.6 Å². The van der Waals surface area contributed by atoms with E-state index >= 15 is 0 Å². The van der Waals surface area contributed by atoms with Crippen LogP contribution in [-0.2, 0) is 16.0 Å². The van der Waals surface area contributed by atoms with E-state index in [1.54, 1.807) is 32.3 Å². The highest BCUT2D eigenvalue weighted by atomic mass is 16.6. The summed E-state index contributed by atoms with van der Waals surface area (Å²) in [7, 11) is 0. The third-order valence-electron chi connectivity index (χ3n) is 5.02. The van der Waals surface area contributed by atoms with Gasteiger partial charge in [-0.25, -0.2) is 19.6 Å². The van der Waals surface area contributed by atoms with Gasteiger partial charge in [-0.1, -0.05) is 33.6 Å². The number of rotatable bonds is 6. The van der Waals surface area contributed by atoms with Crippen molar-refractivity contribution in [2.75, 3.05) is 0 Å². The molecule has 25 heavy (non-hydrogen) atoms. The molecule has 2 rings (SSSR count). The number of nitrogens with zero attached hydrogens (tertiary/aromatic N) is 2. The fraction of sp³-hybridized carbons (Fsp3) is 0.667. The maximum absolute atomic E-state index is 12.4. The Balaban J connectivity index is 2.14. The molecule has 3 atom stereocenters. The minimum atomic E-state index is -1.71. The molecule has 0 bridgehead atoms. The van der Waals surface area contributed by atoms with Crippen molar-refractivity contribution in [3.8, 4) is 0 Å². The van der Waals surface area contributed by atoms with Crippen molar-refractivity contribution < 1.29 is 19.4 Å². The Labute approximate surface area is 148 Å². The highest BCUT2D eigenvalue weighted by molar-refractivity contribution is 5.82. The smallest absolute Gasteiger partial charge is 0.408 e. The van der Waals surface area contributed by atoms with Crippen LogP contribution in [0.3, 0.4) is 0 Å². The van der Waals surface area contributed by atoms with Gasteiger partial charge in [0.1, 0.15) is 5.82 Å². The first-order chi connectivity index (χ1) is 11.8. The normalized spacial score (nSPS) is 22.9. The lowest BCUT2D eigenvalue weighted by Crippen LogP contribution is -2.53. The number of alkyl carbamates (subject to hydrolysis) is 1. The molecule has 1 heterocycles. The van der Waals surface area contributed by atoms with Crippen molar-refractivity contribution in [2.24, 2.45) is 11.8 Å². The number of ether oxygens (including phenoxy) is 1. The third-order valence-corrected chi connectivity index (χ3v) is 5.02. The Morgan fingerprint density at radius 1 is 1.32 bits per heavy atom. The molecule has 1 fully saturated rings. The van der Waals surface area contributed by atoms with E-state index in [9.17, 15) is 14.7 Å². The zero-order valence-electron chi connectivity index (χ0n) is 15.1. The monoisotopic (exact) mass is 349 g/mol. The number of amides is 1. The fourth-order valence-corrected chi connectivity index (χ4v) is 3.26. The van der Waals surface area contributed by atoms with E-state index in [0.717, 1.165) is 25.7 Å². The maximum atomic E-state index is 12.4. The Bertz CT molecular complexity index is 593. The minimum Gasteiger partial charge on any atom is -0.478 e. The summed E-state index contributed by atoms with van der Waals surface area (Å²) in [5, 5.41) is 12.7. The van der Waals surface area contributed by atoms with E-state index in [1.807, 2.05) is 0 Å². The lowest BCUT2D eigenvalue weighted by Gasteiger charge is -2.34. The summed E-state index contributed by atoms with van der Waals surface area (Å²) in [6.07, 6.45) is 6.47. The van der Waals surface area contributed by atoms with Crippen LogP contribution in [0.4, 0.5) is 4.79 Å². The molecule has 1 aliphatic carbocycles. The zero-order chi connectivity index (χ0) is 18.4. The van der Waals surface area contributed by atoms with Gasteiger partial charge in [-0.15, -0.1) is 0 Å². The molecule has 7 heteroatoms. The van der Waals surface area contributed by atoms with E-state index in [0.29, 0.717) is 11.7 Å². The molecule has 1 unspecified atom stereocenters. The number of carboxylic acid groups (broad SMARTS) is 1. The summed E-state index contributed by atoms with van der Waals surface area (Å²) in [6, 6.07) is 1.67. The summed E-state index contributed by atoms with van der Waals surface area (Å²) in [5.74, 6) is -0.945. The van der Waals surface area contributed by atoms with Gasteiger partial charge in [0.25, 0.3) is 0 Å². The average Bonchev–Trinajstić information content (AvgIpc) is 2.57. The SMILES string of the molecule is CC(C)C(Cc1ncccn1)(OC(=O)N[C@@H]1CCCC[C@H]1C)C(=O)O. The molecule has 1 saturated carbocycles. The standard InChI is InChI=1S/C18H27N3O4/c1-12(2)18(16(22)23,11-15-19-9-6-10-20-15)25-17(24)21-14-8-5-4-7-13(14)3/h6,9-10,12-14H,4-5,7-8,11H2,1-3H3,(H,21,24)(H,22,23)/t13-,14-,18?/m1/s1. The van der Waals surface area contributed by atoms with Gasteiger partial charge in [0.15, 0.2) is 0 Å². The topological polar surface area (TPSA) is 101 Å². The number of aromatic nitrogens is 2. The van der Waals surface area contributed by atoms with Crippen molar-refractivity contribution >= 4 is 12.1 Å². The van der Waals surface area contributed by atoms with E-state index in [2.05, 4.69) is 22.2 Å². The van der Waals surface area contributed by atoms with Crippen molar-refractivity contribution in [3.63, 3.8) is 0 Å². The third kappa shape index (κ3) is 4.67. The van der Waals surface area contributed by atoms with Crippen molar-refractivity contribution in [3.05, 3.63) is 24.3 Å². The summed E-state index contributed by atoms with van der Waals surface area (Å²) in [4.78, 5) is 32.6. The molecule has 7 nitrogen and oxygen atoms in total. The molecule has 138 valence electrons. The van der Waals surface area contributed by atoms with E-state index in [-0.39, 0.29) is 12.5 Å². The van der Waals surface area contributed by atoms with Crippen LogP contribution in [0.2, 0.25) is 0 Å². The lowest BCUT2D eigenvalue weighted by molar-refractivity contribution is -0.164. The average molecular weight is 349 g/mol. The molecule has 0 spiro atoms. The maximum Gasteiger partial charge on any atom is 0.408 e. The Morgan fingerprint density at radius 2 is 1.96 bits per heavy atom. The minimum absolute atomic E-state index is 0.0212. The van der Waals surface area contributed by atoms with Crippen LogP contribution in [0.5, 0.6) is 0 Å². The van der Waals surface area contributed by atoms with Crippen LogP contribution < -0.4 is 5.32 Å². The van der Waals surface area contributed by atoms with Crippen molar-refractivity contribution in [1.29, 1.82) is 0 Å². The Morgan fingerprint density at radius 3 is 2.52 bits per heavy atom. The largest absolute Gasteiger partial charge is 0.478 e. The van der Waals surface area contributed by atoms with Crippen LogP contribution in [0, 0.1) is 11.8 Å². The second-order valence-corrected chi connectivity index (χ2v) is 7.09. The number of nitrogens with one attached hydrogen (secondary N) is 1. The molecule has 1 aromatic rings. The second-order valence-electron chi connectivity index (χ2n) is 7.09. The van der Waals surface area contributed by atoms with Crippen LogP contribution in [0.15, 0.2) is 18.5 Å². The Kier molecular flexibility index (Phi) is 6.33. The van der Waals surface area contributed by atoms with Crippen LogP contribution in [0.1, 0.15) is 52.3 Å². The van der Waals surface area contributed by atoms with Gasteiger partial charge < -0.3 is 15.2 Å². The van der Waals surface area contributed by atoms with Gasteiger partial charge >= 0.3 is 12.1 Å². The summed E-state index contributed by atoms with van der Waals surface area (Å²) >= 11 is 0. The first kappa shape index (κ1) is 19.1. The number of carbonyl (C=O) groups is 2. The van der Waals surface area contributed by atoms with Gasteiger partial charge in [0.2, 0.25) is 5.60 Å². The van der Waals surface area contributed by atoms with Crippen molar-refractivity contribution in [1.82, 2.24) is 15.3 Å². The van der Waals surface area contributed by atoms with Gasteiger partial charge in [-0.2, -0.15) is 0 Å². The molecule has 0 radical (unpaired) electrons. The van der Waals surface area contributed by atoms with Crippen LogP contribution in [-0.4, -0.2) is 38.8 Å². The molecule has 1 amide bonds. The lowest BCUT2D eigenvalue weighted by atomic mass is 9.85. The first-order valence-corrected chi connectivity index (χ1v) is 8.84. The zero-order valence-corrected chi connectivity index (χ0v) is 15.1. The van der Waals surface area contributed by atoms with E-state index in [4.69, 9.17) is 4.74 Å². The summed E-state index contributed by atoms with van der Waals surface area (Å²) in [5.41, 5.74) is -1.71. The molecule has 0 saturated heterocycles. The summed E-state index contributed by atoms with van der Waals surface area (Å²) < 4.78 is 5.49. The fourth-order valence-electron chi connectivity index (χ4n) is 3.26.